The van der Waals surface area contributed by atoms with Crippen molar-refractivity contribution in [3.63, 3.8) is 0 Å². The third-order valence-electron chi connectivity index (χ3n) is 2.79. The lowest BCUT2D eigenvalue weighted by Crippen LogP contribution is -2.27. The highest BCUT2D eigenvalue weighted by Crippen LogP contribution is 2.19. The van der Waals surface area contributed by atoms with Crippen LogP contribution >= 0.6 is 0 Å². The zero-order valence-corrected chi connectivity index (χ0v) is 12.9. The molecule has 5 heteroatoms. The number of benzene rings is 1. The highest BCUT2D eigenvalue weighted by molar-refractivity contribution is 5.85. The summed E-state index contributed by atoms with van der Waals surface area (Å²) in [6, 6.07) is 4.67. The first kappa shape index (κ1) is 17.4. The zero-order chi connectivity index (χ0) is 15.9. The van der Waals surface area contributed by atoms with Crippen molar-refractivity contribution >= 4 is 11.8 Å². The fourth-order valence-corrected chi connectivity index (χ4v) is 1.85. The molecule has 0 aliphatic rings. The number of hydrogen-bond donors (Lipinski definition) is 2. The van der Waals surface area contributed by atoms with Crippen LogP contribution in [0.2, 0.25) is 0 Å². The lowest BCUT2D eigenvalue weighted by molar-refractivity contribution is 0.0635. The molecule has 0 spiro atoms. The largest absolute Gasteiger partial charge is 0.444 e. The summed E-state index contributed by atoms with van der Waals surface area (Å²) in [5, 5.41) is 11.2. The molecule has 0 aromatic heterocycles. The fourth-order valence-electron chi connectivity index (χ4n) is 1.85. The van der Waals surface area contributed by atoms with Crippen molar-refractivity contribution in [1.82, 2.24) is 0 Å². The van der Waals surface area contributed by atoms with Crippen LogP contribution in [0.5, 0.6) is 0 Å². The molecular weight excluding hydrogens is 273 g/mol. The molecule has 1 rings (SSSR count). The molecule has 118 valence electrons. The minimum atomic E-state index is -0.668. The van der Waals surface area contributed by atoms with E-state index in [0.29, 0.717) is 0 Å². The van der Waals surface area contributed by atoms with Crippen LogP contribution in [0.15, 0.2) is 18.2 Å². The number of carbonyl (C=O) groups excluding carboxylic acids is 1. The summed E-state index contributed by atoms with van der Waals surface area (Å²) >= 11 is 0. The minimum absolute atomic E-state index is 0.129. The maximum atomic E-state index is 13.7. The van der Waals surface area contributed by atoms with E-state index in [1.807, 2.05) is 0 Å². The molecule has 1 aromatic carbocycles. The molecule has 0 unspecified atom stereocenters. The number of aliphatic hydroxyl groups is 1. The number of halogens is 1. The Labute approximate surface area is 125 Å². The number of anilines is 1. The van der Waals surface area contributed by atoms with Gasteiger partial charge in [-0.1, -0.05) is 12.5 Å². The first-order valence-corrected chi connectivity index (χ1v) is 7.21. The Kier molecular flexibility index (Phi) is 6.62. The molecule has 0 bridgehead atoms. The Hall–Kier alpha value is -1.62. The van der Waals surface area contributed by atoms with Crippen molar-refractivity contribution in [2.24, 2.45) is 0 Å². The van der Waals surface area contributed by atoms with Crippen molar-refractivity contribution < 1.29 is 19.0 Å². The number of rotatable bonds is 6. The first-order valence-electron chi connectivity index (χ1n) is 7.21. The number of unbranched alkanes of at least 4 members (excludes halogenated alkanes) is 2. The van der Waals surface area contributed by atoms with Gasteiger partial charge in [0.05, 0.1) is 5.69 Å². The van der Waals surface area contributed by atoms with Gasteiger partial charge in [0.2, 0.25) is 0 Å². The van der Waals surface area contributed by atoms with Gasteiger partial charge in [0.1, 0.15) is 11.4 Å². The van der Waals surface area contributed by atoms with E-state index in [1.165, 1.54) is 6.07 Å². The molecule has 1 aromatic rings. The maximum absolute atomic E-state index is 13.7. The molecule has 0 saturated carbocycles. The monoisotopic (exact) mass is 297 g/mol. The topological polar surface area (TPSA) is 58.6 Å². The number of hydrogen-bond acceptors (Lipinski definition) is 3. The number of nitrogens with one attached hydrogen (secondary N) is 1. The fraction of sp³-hybridized carbons (Fsp3) is 0.562. The highest BCUT2D eigenvalue weighted by atomic mass is 19.1. The third kappa shape index (κ3) is 7.09. The van der Waals surface area contributed by atoms with E-state index in [2.05, 4.69) is 5.32 Å². The van der Waals surface area contributed by atoms with Gasteiger partial charge in [0.15, 0.2) is 0 Å². The summed E-state index contributed by atoms with van der Waals surface area (Å²) in [4.78, 5) is 11.7. The van der Waals surface area contributed by atoms with Gasteiger partial charge in [-0.2, -0.15) is 0 Å². The van der Waals surface area contributed by atoms with Gasteiger partial charge in [-0.25, -0.2) is 9.18 Å². The smallest absolute Gasteiger partial charge is 0.412 e. The Morgan fingerprint density at radius 1 is 1.29 bits per heavy atom. The Morgan fingerprint density at radius 3 is 2.62 bits per heavy atom. The lowest BCUT2D eigenvalue weighted by atomic mass is 10.1. The molecule has 21 heavy (non-hydrogen) atoms. The molecule has 0 atom stereocenters. The van der Waals surface area contributed by atoms with Gasteiger partial charge in [-0.05, 0) is 57.7 Å². The second-order valence-corrected chi connectivity index (χ2v) is 5.98. The van der Waals surface area contributed by atoms with E-state index in [4.69, 9.17) is 9.84 Å². The Morgan fingerprint density at radius 2 is 2.00 bits per heavy atom. The van der Waals surface area contributed by atoms with Crippen LogP contribution in [0.4, 0.5) is 14.9 Å². The van der Waals surface area contributed by atoms with E-state index in [0.717, 1.165) is 31.2 Å². The molecule has 2 N–H and O–H groups in total. The second kappa shape index (κ2) is 7.98. The number of aryl methyl sites for hydroxylation is 1. The SMILES string of the molecule is CC(C)(C)OC(=O)Nc1cc(CCCCCO)ccc1F. The van der Waals surface area contributed by atoms with Gasteiger partial charge < -0.3 is 9.84 Å². The molecule has 0 radical (unpaired) electrons. The average Bonchev–Trinajstić information content (AvgIpc) is 2.36. The van der Waals surface area contributed by atoms with E-state index in [1.54, 1.807) is 32.9 Å². The van der Waals surface area contributed by atoms with Crippen molar-refractivity contribution in [1.29, 1.82) is 0 Å². The van der Waals surface area contributed by atoms with Crippen LogP contribution in [0, 0.1) is 5.82 Å². The summed E-state index contributed by atoms with van der Waals surface area (Å²) in [5.41, 5.74) is 0.451. The number of ether oxygens (including phenoxy) is 1. The highest BCUT2D eigenvalue weighted by Gasteiger charge is 2.17. The van der Waals surface area contributed by atoms with Crippen molar-refractivity contribution in [2.75, 3.05) is 11.9 Å². The van der Waals surface area contributed by atoms with E-state index >= 15 is 0 Å². The summed E-state index contributed by atoms with van der Waals surface area (Å²) in [7, 11) is 0. The quantitative estimate of drug-likeness (QED) is 0.783. The molecule has 0 saturated heterocycles. The molecule has 4 nitrogen and oxygen atoms in total. The molecule has 0 aliphatic heterocycles. The van der Waals surface area contributed by atoms with Gasteiger partial charge in [0.25, 0.3) is 0 Å². The van der Waals surface area contributed by atoms with Crippen molar-refractivity contribution in [3.8, 4) is 0 Å². The molecule has 0 fully saturated rings. The van der Waals surface area contributed by atoms with E-state index in [9.17, 15) is 9.18 Å². The lowest BCUT2D eigenvalue weighted by Gasteiger charge is -2.20. The number of carbonyl (C=O) groups is 1. The van der Waals surface area contributed by atoms with Crippen LogP contribution in [-0.4, -0.2) is 23.4 Å². The Balaban J connectivity index is 2.63. The first-order chi connectivity index (χ1) is 9.81. The number of aliphatic hydroxyl groups excluding tert-OH is 1. The average molecular weight is 297 g/mol. The normalized spacial score (nSPS) is 11.3. The van der Waals surface area contributed by atoms with E-state index in [-0.39, 0.29) is 12.3 Å². The van der Waals surface area contributed by atoms with Gasteiger partial charge >= 0.3 is 6.09 Å². The summed E-state index contributed by atoms with van der Waals surface area (Å²) in [6.45, 7) is 5.44. The van der Waals surface area contributed by atoms with Gasteiger partial charge in [-0.15, -0.1) is 0 Å². The molecular formula is C16H24FNO3. The maximum Gasteiger partial charge on any atom is 0.412 e. The summed E-state index contributed by atoms with van der Waals surface area (Å²) in [5.74, 6) is -0.486. The van der Waals surface area contributed by atoms with Crippen LogP contribution in [0.3, 0.4) is 0 Å². The molecule has 0 heterocycles. The summed E-state index contributed by atoms with van der Waals surface area (Å²) in [6.07, 6.45) is 2.72. The predicted molar refractivity (Wildman–Crippen MR) is 80.9 cm³/mol. The Bertz CT molecular complexity index is 469. The van der Waals surface area contributed by atoms with Crippen LogP contribution < -0.4 is 5.32 Å². The minimum Gasteiger partial charge on any atom is -0.444 e. The molecule has 1 amide bonds. The predicted octanol–water partition coefficient (Wildman–Crippen LogP) is 3.88. The number of amides is 1. The van der Waals surface area contributed by atoms with Crippen LogP contribution in [-0.2, 0) is 11.2 Å². The molecule has 0 aliphatic carbocycles. The summed E-state index contributed by atoms with van der Waals surface area (Å²) < 4.78 is 18.8. The van der Waals surface area contributed by atoms with Gasteiger partial charge in [-0.3, -0.25) is 5.32 Å². The van der Waals surface area contributed by atoms with Crippen LogP contribution in [0.1, 0.15) is 45.6 Å². The van der Waals surface area contributed by atoms with Crippen molar-refractivity contribution in [3.05, 3.63) is 29.6 Å². The van der Waals surface area contributed by atoms with E-state index < -0.39 is 17.5 Å². The standard InChI is InChI=1S/C16H24FNO3/c1-16(2,3)21-15(20)18-14-11-12(8-9-13(14)17)7-5-4-6-10-19/h8-9,11,19H,4-7,10H2,1-3H3,(H,18,20). The zero-order valence-electron chi connectivity index (χ0n) is 12.9. The van der Waals surface area contributed by atoms with Gasteiger partial charge in [0, 0.05) is 6.61 Å². The van der Waals surface area contributed by atoms with Crippen molar-refractivity contribution in [2.45, 2.75) is 52.1 Å². The second-order valence-electron chi connectivity index (χ2n) is 5.98. The van der Waals surface area contributed by atoms with Crippen LogP contribution in [0.25, 0.3) is 0 Å². The third-order valence-corrected chi connectivity index (χ3v) is 2.79.